The number of hydrogen-bond donors (Lipinski definition) is 2. The molecular weight excluding hydrogens is 434 g/mol. The van der Waals surface area contributed by atoms with E-state index in [1.807, 2.05) is 36.4 Å². The zero-order valence-electron chi connectivity index (χ0n) is 15.4. The Morgan fingerprint density at radius 2 is 1.93 bits per heavy atom. The smallest absolute Gasteiger partial charge is 0.343 e. The lowest BCUT2D eigenvalue weighted by Crippen LogP contribution is -2.32. The number of benzene rings is 2. The van der Waals surface area contributed by atoms with Crippen LogP contribution in [0.1, 0.15) is 24.2 Å². The molecule has 2 atom stereocenters. The maximum atomic E-state index is 11.1. The van der Waals surface area contributed by atoms with Crippen molar-refractivity contribution in [3.63, 3.8) is 0 Å². The molecule has 0 saturated carbocycles. The first-order chi connectivity index (χ1) is 12.5. The Bertz CT molecular complexity index is 711. The minimum Gasteiger partial charge on any atom is -0.482 e. The van der Waals surface area contributed by atoms with E-state index in [1.54, 1.807) is 12.1 Å². The first-order valence-corrected chi connectivity index (χ1v) is 8.81. The lowest BCUT2D eigenvalue weighted by Gasteiger charge is -2.18. The van der Waals surface area contributed by atoms with Crippen molar-refractivity contribution in [1.29, 1.82) is 0 Å². The topological polar surface area (TPSA) is 67.8 Å². The molecule has 0 aliphatic carbocycles. The minimum atomic E-state index is -0.606. The highest BCUT2D eigenvalue weighted by Gasteiger charge is 2.10. The van der Waals surface area contributed by atoms with Crippen molar-refractivity contribution < 1.29 is 19.4 Å². The summed E-state index contributed by atoms with van der Waals surface area (Å²) in [5.74, 6) is 0.210. The molecule has 0 heterocycles. The third kappa shape index (κ3) is 8.30. The number of carbonyl (C=O) groups is 1. The van der Waals surface area contributed by atoms with E-state index in [0.717, 1.165) is 17.5 Å². The standard InChI is InChI=1S/C20H24ClNO4.BrH/c1-14(22-12-19(23)16-4-3-5-17(21)11-16)10-15-6-8-18(9-7-15)26-13-20(24)25-2;/h3-9,11,14,19,22-23H,10,12-13H2,1-2H3;1H/t14-,19+;/m1./s1. The van der Waals surface area contributed by atoms with Crippen LogP contribution in [0.15, 0.2) is 48.5 Å². The molecule has 2 N–H and O–H groups in total. The Morgan fingerprint density at radius 3 is 2.56 bits per heavy atom. The highest BCUT2D eigenvalue weighted by molar-refractivity contribution is 8.93. The fraction of sp³-hybridized carbons (Fsp3) is 0.350. The van der Waals surface area contributed by atoms with Crippen molar-refractivity contribution in [2.24, 2.45) is 0 Å². The van der Waals surface area contributed by atoms with E-state index in [4.69, 9.17) is 16.3 Å². The second kappa shape index (κ2) is 12.0. The Balaban J connectivity index is 0.00000364. The minimum absolute atomic E-state index is 0. The first-order valence-electron chi connectivity index (χ1n) is 8.43. The van der Waals surface area contributed by atoms with Gasteiger partial charge in [0.15, 0.2) is 6.61 Å². The molecule has 0 aliphatic rings. The third-order valence-corrected chi connectivity index (χ3v) is 4.18. The molecule has 0 bridgehead atoms. The van der Waals surface area contributed by atoms with Gasteiger partial charge in [-0.1, -0.05) is 35.9 Å². The van der Waals surface area contributed by atoms with E-state index < -0.39 is 12.1 Å². The predicted molar refractivity (Wildman–Crippen MR) is 112 cm³/mol. The van der Waals surface area contributed by atoms with Gasteiger partial charge in [-0.2, -0.15) is 0 Å². The average Bonchev–Trinajstić information content (AvgIpc) is 2.65. The first kappa shape index (κ1) is 23.4. The van der Waals surface area contributed by atoms with Gasteiger partial charge in [-0.3, -0.25) is 0 Å². The summed E-state index contributed by atoms with van der Waals surface area (Å²) in [5, 5.41) is 14.2. The van der Waals surface area contributed by atoms with Crippen LogP contribution >= 0.6 is 28.6 Å². The normalized spacial score (nSPS) is 12.6. The molecule has 148 valence electrons. The monoisotopic (exact) mass is 457 g/mol. The van der Waals surface area contributed by atoms with Gasteiger partial charge in [-0.15, -0.1) is 17.0 Å². The molecule has 0 aliphatic heterocycles. The van der Waals surface area contributed by atoms with Crippen LogP contribution in [-0.4, -0.2) is 37.4 Å². The average molecular weight is 459 g/mol. The maximum absolute atomic E-state index is 11.1. The van der Waals surface area contributed by atoms with Gasteiger partial charge in [0.2, 0.25) is 0 Å². The Morgan fingerprint density at radius 1 is 1.22 bits per heavy atom. The van der Waals surface area contributed by atoms with E-state index in [2.05, 4.69) is 17.0 Å². The van der Waals surface area contributed by atoms with Gasteiger partial charge >= 0.3 is 5.97 Å². The summed E-state index contributed by atoms with van der Waals surface area (Å²) >= 11 is 5.95. The summed E-state index contributed by atoms with van der Waals surface area (Å²) in [7, 11) is 1.33. The summed E-state index contributed by atoms with van der Waals surface area (Å²) in [4.78, 5) is 11.1. The number of halogens is 2. The van der Waals surface area contributed by atoms with Crippen LogP contribution in [0.5, 0.6) is 5.75 Å². The molecule has 0 radical (unpaired) electrons. The number of carbonyl (C=O) groups excluding carboxylic acids is 1. The van der Waals surface area contributed by atoms with Crippen molar-refractivity contribution >= 4 is 34.6 Å². The molecule has 0 spiro atoms. The maximum Gasteiger partial charge on any atom is 0.343 e. The fourth-order valence-electron chi connectivity index (χ4n) is 2.49. The van der Waals surface area contributed by atoms with E-state index in [-0.39, 0.29) is 29.6 Å². The number of hydrogen-bond acceptors (Lipinski definition) is 5. The molecule has 0 aromatic heterocycles. The zero-order chi connectivity index (χ0) is 18.9. The summed E-state index contributed by atoms with van der Waals surface area (Å²) in [6.07, 6.45) is 0.199. The molecular formula is C20H25BrClNO4. The van der Waals surface area contributed by atoms with Crippen LogP contribution in [0.3, 0.4) is 0 Å². The van der Waals surface area contributed by atoms with Gasteiger partial charge in [0.1, 0.15) is 5.75 Å². The lowest BCUT2D eigenvalue weighted by molar-refractivity contribution is -0.142. The summed E-state index contributed by atoms with van der Waals surface area (Å²) < 4.78 is 9.86. The van der Waals surface area contributed by atoms with Crippen molar-refractivity contribution in [1.82, 2.24) is 5.32 Å². The second-order valence-electron chi connectivity index (χ2n) is 6.09. The number of rotatable bonds is 9. The van der Waals surface area contributed by atoms with E-state index in [1.165, 1.54) is 7.11 Å². The van der Waals surface area contributed by atoms with Crippen molar-refractivity contribution in [2.75, 3.05) is 20.3 Å². The van der Waals surface area contributed by atoms with Crippen LogP contribution in [0.2, 0.25) is 5.02 Å². The van der Waals surface area contributed by atoms with Crippen molar-refractivity contribution in [2.45, 2.75) is 25.5 Å². The quantitative estimate of drug-likeness (QED) is 0.561. The number of aliphatic hydroxyl groups excluding tert-OH is 1. The van der Waals surface area contributed by atoms with E-state index in [0.29, 0.717) is 17.3 Å². The Kier molecular flexibility index (Phi) is 10.4. The molecule has 7 heteroatoms. The van der Waals surface area contributed by atoms with Gasteiger partial charge in [-0.05, 0) is 48.7 Å². The van der Waals surface area contributed by atoms with Crippen LogP contribution in [0.25, 0.3) is 0 Å². The van der Waals surface area contributed by atoms with Crippen LogP contribution in [0, 0.1) is 0 Å². The summed E-state index contributed by atoms with van der Waals surface area (Å²) in [5.41, 5.74) is 1.93. The van der Waals surface area contributed by atoms with Crippen molar-refractivity contribution in [3.8, 4) is 5.75 Å². The molecule has 2 rings (SSSR count). The third-order valence-electron chi connectivity index (χ3n) is 3.94. The highest BCUT2D eigenvalue weighted by atomic mass is 79.9. The van der Waals surface area contributed by atoms with Crippen molar-refractivity contribution in [3.05, 3.63) is 64.7 Å². The van der Waals surface area contributed by atoms with E-state index >= 15 is 0 Å². The van der Waals surface area contributed by atoms with Crippen LogP contribution in [-0.2, 0) is 16.0 Å². The van der Waals surface area contributed by atoms with Gasteiger partial charge in [0.25, 0.3) is 0 Å². The second-order valence-corrected chi connectivity index (χ2v) is 6.53. The number of methoxy groups -OCH3 is 1. The number of nitrogens with one attached hydrogen (secondary N) is 1. The molecule has 0 saturated heterocycles. The van der Waals surface area contributed by atoms with Gasteiger partial charge < -0.3 is 19.9 Å². The largest absolute Gasteiger partial charge is 0.482 e. The zero-order valence-corrected chi connectivity index (χ0v) is 17.8. The predicted octanol–water partition coefficient (Wildman–Crippen LogP) is 3.72. The molecule has 5 nitrogen and oxygen atoms in total. The number of esters is 1. The Hall–Kier alpha value is -1.60. The van der Waals surface area contributed by atoms with Crippen LogP contribution < -0.4 is 10.1 Å². The van der Waals surface area contributed by atoms with Gasteiger partial charge in [-0.25, -0.2) is 4.79 Å². The van der Waals surface area contributed by atoms with Gasteiger partial charge in [0.05, 0.1) is 13.2 Å². The SMILES string of the molecule is Br.COC(=O)COc1ccc(C[C@@H](C)NC[C@H](O)c2cccc(Cl)c2)cc1. The molecule has 0 amide bonds. The molecule has 2 aromatic carbocycles. The highest BCUT2D eigenvalue weighted by Crippen LogP contribution is 2.18. The molecule has 0 fully saturated rings. The van der Waals surface area contributed by atoms with E-state index in [9.17, 15) is 9.90 Å². The van der Waals surface area contributed by atoms with Gasteiger partial charge in [0, 0.05) is 17.6 Å². The molecule has 2 aromatic rings. The van der Waals surface area contributed by atoms with Crippen LogP contribution in [0.4, 0.5) is 0 Å². The Labute approximate surface area is 175 Å². The number of ether oxygens (including phenoxy) is 2. The lowest BCUT2D eigenvalue weighted by atomic mass is 10.1. The summed E-state index contributed by atoms with van der Waals surface area (Å²) in [6.45, 7) is 2.41. The number of aliphatic hydroxyl groups is 1. The fourth-order valence-corrected chi connectivity index (χ4v) is 2.69. The molecule has 0 unspecified atom stereocenters. The summed E-state index contributed by atoms with van der Waals surface area (Å²) in [6, 6.07) is 15.0. The molecule has 27 heavy (non-hydrogen) atoms.